The molecule has 4 heteroatoms. The zero-order valence-electron chi connectivity index (χ0n) is 7.23. The highest BCUT2D eigenvalue weighted by Crippen LogP contribution is 2.27. The van der Waals surface area contributed by atoms with Gasteiger partial charge in [0.2, 0.25) is 0 Å². The van der Waals surface area contributed by atoms with Crippen molar-refractivity contribution in [3.63, 3.8) is 0 Å². The van der Waals surface area contributed by atoms with Crippen LogP contribution in [0.2, 0.25) is 5.02 Å². The molecular formula is C9H8Cl2O2. The molecule has 0 heterocycles. The maximum absolute atomic E-state index is 10.9. The molecule has 0 amide bonds. The average molecular weight is 219 g/mol. The monoisotopic (exact) mass is 218 g/mol. The van der Waals surface area contributed by atoms with E-state index in [4.69, 9.17) is 27.9 Å². The van der Waals surface area contributed by atoms with Crippen LogP contribution in [-0.4, -0.2) is 12.4 Å². The van der Waals surface area contributed by atoms with Gasteiger partial charge in [0.25, 0.3) is 5.24 Å². The second-order valence-corrected chi connectivity index (χ2v) is 3.33. The molecule has 0 aromatic heterocycles. The highest BCUT2D eigenvalue weighted by molar-refractivity contribution is 6.69. The van der Waals surface area contributed by atoms with E-state index in [1.54, 1.807) is 19.1 Å². The van der Waals surface area contributed by atoms with E-state index in [2.05, 4.69) is 0 Å². The lowest BCUT2D eigenvalue weighted by atomic mass is 10.1. The Labute approximate surface area is 86.4 Å². The second kappa shape index (κ2) is 3.99. The summed E-state index contributed by atoms with van der Waals surface area (Å²) in [7, 11) is 1.54. The number of halogens is 2. The Kier molecular flexibility index (Phi) is 3.17. The Hall–Kier alpha value is -0.730. The fraction of sp³-hybridized carbons (Fsp3) is 0.222. The lowest BCUT2D eigenvalue weighted by Crippen LogP contribution is -1.96. The van der Waals surface area contributed by atoms with Gasteiger partial charge in [-0.25, -0.2) is 0 Å². The van der Waals surface area contributed by atoms with Crippen LogP contribution in [0.3, 0.4) is 0 Å². The molecule has 0 spiro atoms. The number of carbonyl (C=O) groups excluding carboxylic acids is 1. The quantitative estimate of drug-likeness (QED) is 0.714. The van der Waals surface area contributed by atoms with E-state index in [1.807, 2.05) is 0 Å². The molecule has 0 saturated carbocycles. The molecule has 0 atom stereocenters. The van der Waals surface area contributed by atoms with Crippen molar-refractivity contribution >= 4 is 28.4 Å². The van der Waals surface area contributed by atoms with E-state index < -0.39 is 5.24 Å². The maximum atomic E-state index is 10.9. The molecule has 13 heavy (non-hydrogen) atoms. The minimum absolute atomic E-state index is 0.317. The molecule has 70 valence electrons. The summed E-state index contributed by atoms with van der Waals surface area (Å²) < 4.78 is 4.97. The average Bonchev–Trinajstić information content (AvgIpc) is 2.02. The summed E-state index contributed by atoms with van der Waals surface area (Å²) >= 11 is 11.2. The standard InChI is InChI=1S/C9H8Cl2O2/c1-5-3-6(13-2)4-7(10)8(5)9(11)12/h3-4H,1-2H3. The molecule has 0 N–H and O–H groups in total. The fourth-order valence-electron chi connectivity index (χ4n) is 1.08. The van der Waals surface area contributed by atoms with Gasteiger partial charge >= 0.3 is 0 Å². The summed E-state index contributed by atoms with van der Waals surface area (Å²) in [6.45, 7) is 1.75. The van der Waals surface area contributed by atoms with E-state index in [-0.39, 0.29) is 0 Å². The molecule has 0 unspecified atom stereocenters. The SMILES string of the molecule is COc1cc(C)c(C(=O)Cl)c(Cl)c1. The molecule has 0 bridgehead atoms. The van der Waals surface area contributed by atoms with Crippen molar-refractivity contribution in [1.29, 1.82) is 0 Å². The first-order valence-electron chi connectivity index (χ1n) is 3.60. The molecular weight excluding hydrogens is 211 g/mol. The van der Waals surface area contributed by atoms with Gasteiger partial charge in [0, 0.05) is 0 Å². The summed E-state index contributed by atoms with van der Waals surface area (Å²) in [5.74, 6) is 0.615. The van der Waals surface area contributed by atoms with Crippen molar-refractivity contribution in [2.75, 3.05) is 7.11 Å². The third-order valence-electron chi connectivity index (χ3n) is 1.69. The van der Waals surface area contributed by atoms with E-state index in [9.17, 15) is 4.79 Å². The van der Waals surface area contributed by atoms with Gasteiger partial charge in [0.15, 0.2) is 0 Å². The van der Waals surface area contributed by atoms with Crippen molar-refractivity contribution in [2.24, 2.45) is 0 Å². The van der Waals surface area contributed by atoms with Gasteiger partial charge in [0.05, 0.1) is 17.7 Å². The third kappa shape index (κ3) is 2.14. The third-order valence-corrected chi connectivity index (χ3v) is 2.18. The molecule has 0 radical (unpaired) electrons. The van der Waals surface area contributed by atoms with Crippen LogP contribution in [0.1, 0.15) is 15.9 Å². The first-order valence-corrected chi connectivity index (χ1v) is 4.36. The molecule has 0 fully saturated rings. The highest BCUT2D eigenvalue weighted by Gasteiger charge is 2.12. The van der Waals surface area contributed by atoms with Crippen LogP contribution in [0.5, 0.6) is 5.75 Å². The number of aryl methyl sites for hydroxylation is 1. The fourth-order valence-corrected chi connectivity index (χ4v) is 1.72. The molecule has 1 aromatic carbocycles. The van der Waals surface area contributed by atoms with E-state index in [1.165, 1.54) is 7.11 Å². The number of hydrogen-bond donors (Lipinski definition) is 0. The first kappa shape index (κ1) is 10.4. The number of ether oxygens (including phenoxy) is 1. The summed E-state index contributed by atoms with van der Waals surface area (Å²) in [5, 5.41) is -0.234. The Balaban J connectivity index is 3.31. The molecule has 0 aliphatic carbocycles. The predicted octanol–water partition coefficient (Wildman–Crippen LogP) is 3.04. The van der Waals surface area contributed by atoms with Crippen LogP contribution in [0.4, 0.5) is 0 Å². The van der Waals surface area contributed by atoms with Crippen LogP contribution in [0.25, 0.3) is 0 Å². The van der Waals surface area contributed by atoms with Gasteiger partial charge in [-0.3, -0.25) is 4.79 Å². The first-order chi connectivity index (χ1) is 6.06. The van der Waals surface area contributed by atoms with Crippen LogP contribution < -0.4 is 4.74 Å². The molecule has 1 aromatic rings. The number of carbonyl (C=O) groups is 1. The molecule has 1 rings (SSSR count). The Bertz CT molecular complexity index is 324. The topological polar surface area (TPSA) is 26.3 Å². The summed E-state index contributed by atoms with van der Waals surface area (Å²) in [6, 6.07) is 3.27. The summed E-state index contributed by atoms with van der Waals surface area (Å²) in [5.41, 5.74) is 1.05. The van der Waals surface area contributed by atoms with Crippen LogP contribution in [0, 0.1) is 6.92 Å². The van der Waals surface area contributed by atoms with Crippen molar-refractivity contribution in [3.05, 3.63) is 28.3 Å². The second-order valence-electron chi connectivity index (χ2n) is 2.57. The molecule has 0 aliphatic heterocycles. The smallest absolute Gasteiger partial charge is 0.254 e. The van der Waals surface area contributed by atoms with Crippen LogP contribution >= 0.6 is 23.2 Å². The summed E-state index contributed by atoms with van der Waals surface area (Å²) in [6.07, 6.45) is 0. The minimum Gasteiger partial charge on any atom is -0.497 e. The van der Waals surface area contributed by atoms with Gasteiger partial charge in [0.1, 0.15) is 5.75 Å². The van der Waals surface area contributed by atoms with Gasteiger partial charge in [-0.2, -0.15) is 0 Å². The maximum Gasteiger partial charge on any atom is 0.254 e. The number of benzene rings is 1. The Morgan fingerprint density at radius 2 is 2.08 bits per heavy atom. The largest absolute Gasteiger partial charge is 0.497 e. The van der Waals surface area contributed by atoms with Crippen molar-refractivity contribution in [2.45, 2.75) is 6.92 Å². The van der Waals surface area contributed by atoms with Crippen molar-refractivity contribution in [3.8, 4) is 5.75 Å². The number of hydrogen-bond acceptors (Lipinski definition) is 2. The van der Waals surface area contributed by atoms with E-state index >= 15 is 0 Å². The van der Waals surface area contributed by atoms with Gasteiger partial charge in [-0.15, -0.1) is 0 Å². The van der Waals surface area contributed by atoms with Gasteiger partial charge in [-0.05, 0) is 36.2 Å². The Morgan fingerprint density at radius 3 is 2.46 bits per heavy atom. The lowest BCUT2D eigenvalue weighted by Gasteiger charge is -2.06. The zero-order chi connectivity index (χ0) is 10.0. The predicted molar refractivity (Wildman–Crippen MR) is 52.9 cm³/mol. The van der Waals surface area contributed by atoms with Crippen LogP contribution in [-0.2, 0) is 0 Å². The van der Waals surface area contributed by atoms with Gasteiger partial charge < -0.3 is 4.74 Å². The number of methoxy groups -OCH3 is 1. The molecule has 0 aliphatic rings. The summed E-state index contributed by atoms with van der Waals surface area (Å²) in [4.78, 5) is 10.9. The van der Waals surface area contributed by atoms with Crippen molar-refractivity contribution < 1.29 is 9.53 Å². The minimum atomic E-state index is -0.551. The highest BCUT2D eigenvalue weighted by atomic mass is 35.5. The lowest BCUT2D eigenvalue weighted by molar-refractivity contribution is 0.108. The van der Waals surface area contributed by atoms with Crippen LogP contribution in [0.15, 0.2) is 12.1 Å². The van der Waals surface area contributed by atoms with E-state index in [0.29, 0.717) is 21.9 Å². The van der Waals surface area contributed by atoms with E-state index in [0.717, 1.165) is 0 Å². The van der Waals surface area contributed by atoms with Crippen molar-refractivity contribution in [1.82, 2.24) is 0 Å². The normalized spacial score (nSPS) is 9.85. The zero-order valence-corrected chi connectivity index (χ0v) is 8.74. The van der Waals surface area contributed by atoms with Gasteiger partial charge in [-0.1, -0.05) is 11.6 Å². The molecule has 2 nitrogen and oxygen atoms in total. The Morgan fingerprint density at radius 1 is 1.46 bits per heavy atom. The number of rotatable bonds is 2. The molecule has 0 saturated heterocycles.